The lowest BCUT2D eigenvalue weighted by atomic mass is 10.2. The largest absolute Gasteiger partial charge is 0.115 e. The summed E-state index contributed by atoms with van der Waals surface area (Å²) in [7, 11) is 0. The lowest BCUT2D eigenvalue weighted by Crippen LogP contribution is -1.72. The van der Waals surface area contributed by atoms with Gasteiger partial charge in [-0.25, -0.2) is 0 Å². The van der Waals surface area contributed by atoms with E-state index < -0.39 is 0 Å². The van der Waals surface area contributed by atoms with Crippen molar-refractivity contribution in [2.45, 2.75) is 33.6 Å². The number of aryl methyl sites for hydroxylation is 1. The Labute approximate surface area is 82.0 Å². The summed E-state index contributed by atoms with van der Waals surface area (Å²) in [6.07, 6.45) is 7.79. The molecule has 1 aromatic rings. The van der Waals surface area contributed by atoms with Gasteiger partial charge in [-0.05, 0) is 19.1 Å². The molecule has 0 atom stereocenters. The Kier molecular flexibility index (Phi) is 6.73. The Morgan fingerprint density at radius 3 is 1.85 bits per heavy atom. The monoisotopic (exact) mass is 174 g/mol. The van der Waals surface area contributed by atoms with Gasteiger partial charge in [-0.1, -0.05) is 50.3 Å². The zero-order valence-corrected chi connectivity index (χ0v) is 8.80. The second-order valence-electron chi connectivity index (χ2n) is 3.01. The summed E-state index contributed by atoms with van der Waals surface area (Å²) in [5, 5.41) is 0. The maximum Gasteiger partial charge on any atom is 0.0242 e. The predicted molar refractivity (Wildman–Crippen MR) is 59.7 cm³/mol. The van der Waals surface area contributed by atoms with E-state index in [4.69, 9.17) is 6.42 Å². The van der Waals surface area contributed by atoms with Crippen LogP contribution < -0.4 is 0 Å². The van der Waals surface area contributed by atoms with Crippen molar-refractivity contribution in [3.8, 4) is 12.3 Å². The van der Waals surface area contributed by atoms with Crippen LogP contribution in [0.25, 0.3) is 0 Å². The Morgan fingerprint density at radius 1 is 1.08 bits per heavy atom. The molecule has 0 aliphatic heterocycles. The van der Waals surface area contributed by atoms with E-state index in [0.717, 1.165) is 5.56 Å². The third-order valence-corrected chi connectivity index (χ3v) is 1.72. The van der Waals surface area contributed by atoms with Gasteiger partial charge in [0.1, 0.15) is 0 Å². The minimum Gasteiger partial charge on any atom is -0.115 e. The second kappa shape index (κ2) is 7.43. The van der Waals surface area contributed by atoms with Crippen LogP contribution in [0.15, 0.2) is 24.3 Å². The minimum absolute atomic E-state index is 0.945. The first-order valence-corrected chi connectivity index (χ1v) is 4.77. The molecular weight excluding hydrogens is 156 g/mol. The molecule has 0 nitrogen and oxygen atoms in total. The number of unbranched alkanes of at least 4 members (excludes halogenated alkanes) is 1. The lowest BCUT2D eigenvalue weighted by molar-refractivity contribution is 0.886. The number of terminal acetylenes is 1. The van der Waals surface area contributed by atoms with E-state index in [-0.39, 0.29) is 0 Å². The van der Waals surface area contributed by atoms with Gasteiger partial charge in [-0.2, -0.15) is 0 Å². The molecule has 13 heavy (non-hydrogen) atoms. The van der Waals surface area contributed by atoms with Crippen molar-refractivity contribution < 1.29 is 0 Å². The molecule has 1 aromatic carbocycles. The summed E-state index contributed by atoms with van der Waals surface area (Å²) >= 11 is 0. The number of benzene rings is 1. The van der Waals surface area contributed by atoms with E-state index in [1.165, 1.54) is 18.4 Å². The highest BCUT2D eigenvalue weighted by atomic mass is 13.9. The maximum absolute atomic E-state index is 5.15. The van der Waals surface area contributed by atoms with Crippen molar-refractivity contribution in [1.82, 2.24) is 0 Å². The van der Waals surface area contributed by atoms with Crippen LogP contribution in [0.5, 0.6) is 0 Å². The first-order chi connectivity index (χ1) is 6.24. The average Bonchev–Trinajstić information content (AvgIpc) is 2.19. The van der Waals surface area contributed by atoms with Crippen LogP contribution >= 0.6 is 0 Å². The fourth-order valence-electron chi connectivity index (χ4n) is 0.650. The Bertz CT molecular complexity index is 246. The van der Waals surface area contributed by atoms with E-state index in [2.05, 4.69) is 19.8 Å². The molecule has 0 radical (unpaired) electrons. The van der Waals surface area contributed by atoms with Crippen molar-refractivity contribution in [3.63, 3.8) is 0 Å². The molecule has 0 spiro atoms. The predicted octanol–water partition coefficient (Wildman–Crippen LogP) is 3.78. The summed E-state index contributed by atoms with van der Waals surface area (Å²) < 4.78 is 0. The van der Waals surface area contributed by atoms with Crippen LogP contribution in [0.2, 0.25) is 0 Å². The second-order valence-corrected chi connectivity index (χ2v) is 3.01. The van der Waals surface area contributed by atoms with Gasteiger partial charge in [0.05, 0.1) is 0 Å². The van der Waals surface area contributed by atoms with Gasteiger partial charge in [0, 0.05) is 5.56 Å². The highest BCUT2D eigenvalue weighted by molar-refractivity contribution is 5.33. The molecule has 0 fully saturated rings. The SMILES string of the molecule is C#Cc1ccc(C)cc1.CCCC. The molecule has 1 rings (SSSR count). The minimum atomic E-state index is 0.945. The Balaban J connectivity index is 0.000000310. The first-order valence-electron chi connectivity index (χ1n) is 4.77. The van der Waals surface area contributed by atoms with Crippen molar-refractivity contribution in [2.24, 2.45) is 0 Å². The van der Waals surface area contributed by atoms with Crippen LogP contribution in [0.3, 0.4) is 0 Å². The fraction of sp³-hybridized carbons (Fsp3) is 0.385. The maximum atomic E-state index is 5.15. The van der Waals surface area contributed by atoms with Crippen molar-refractivity contribution in [3.05, 3.63) is 35.4 Å². The molecule has 0 aromatic heterocycles. The quantitative estimate of drug-likeness (QED) is 0.568. The highest BCUT2D eigenvalue weighted by Crippen LogP contribution is 1.99. The molecule has 70 valence electrons. The van der Waals surface area contributed by atoms with E-state index >= 15 is 0 Å². The molecule has 0 heterocycles. The van der Waals surface area contributed by atoms with Gasteiger partial charge in [0.15, 0.2) is 0 Å². The van der Waals surface area contributed by atoms with Gasteiger partial charge >= 0.3 is 0 Å². The molecule has 0 aliphatic rings. The normalized spacial score (nSPS) is 8.15. The standard InChI is InChI=1S/C9H8.C4H10/c1-3-9-6-4-8(2)5-7-9;1-3-4-2/h1,4-7H,2H3;3-4H2,1-2H3. The summed E-state index contributed by atoms with van der Waals surface area (Å²) in [4.78, 5) is 0. The fourth-order valence-corrected chi connectivity index (χ4v) is 0.650. The summed E-state index contributed by atoms with van der Waals surface area (Å²) in [6.45, 7) is 6.40. The van der Waals surface area contributed by atoms with Crippen molar-refractivity contribution in [1.29, 1.82) is 0 Å². The first kappa shape index (κ1) is 11.8. The van der Waals surface area contributed by atoms with E-state index in [0.29, 0.717) is 0 Å². The van der Waals surface area contributed by atoms with Crippen molar-refractivity contribution in [2.75, 3.05) is 0 Å². The Hall–Kier alpha value is -1.22. The van der Waals surface area contributed by atoms with Crippen LogP contribution in [0.1, 0.15) is 37.8 Å². The van der Waals surface area contributed by atoms with Crippen LogP contribution in [-0.4, -0.2) is 0 Å². The van der Waals surface area contributed by atoms with Gasteiger partial charge in [-0.15, -0.1) is 6.42 Å². The van der Waals surface area contributed by atoms with Crippen LogP contribution in [0, 0.1) is 19.3 Å². The Morgan fingerprint density at radius 2 is 1.54 bits per heavy atom. The molecule has 0 bridgehead atoms. The van der Waals surface area contributed by atoms with Crippen molar-refractivity contribution >= 4 is 0 Å². The average molecular weight is 174 g/mol. The summed E-state index contributed by atoms with van der Waals surface area (Å²) in [5.41, 5.74) is 2.19. The van der Waals surface area contributed by atoms with Gasteiger partial charge < -0.3 is 0 Å². The topological polar surface area (TPSA) is 0 Å². The lowest BCUT2D eigenvalue weighted by Gasteiger charge is -1.89. The zero-order chi connectivity index (χ0) is 10.1. The van der Waals surface area contributed by atoms with E-state index in [9.17, 15) is 0 Å². The molecule has 0 N–H and O–H groups in total. The summed E-state index contributed by atoms with van der Waals surface area (Å²) in [6, 6.07) is 7.90. The third kappa shape index (κ3) is 5.99. The molecule has 0 aliphatic carbocycles. The number of hydrogen-bond acceptors (Lipinski definition) is 0. The van der Waals surface area contributed by atoms with Crippen LogP contribution in [0.4, 0.5) is 0 Å². The number of hydrogen-bond donors (Lipinski definition) is 0. The summed E-state index contributed by atoms with van der Waals surface area (Å²) in [5.74, 6) is 2.55. The van der Waals surface area contributed by atoms with Gasteiger partial charge in [-0.3, -0.25) is 0 Å². The third-order valence-electron chi connectivity index (χ3n) is 1.72. The molecule has 0 saturated heterocycles. The molecule has 0 saturated carbocycles. The smallest absolute Gasteiger partial charge is 0.0242 e. The van der Waals surface area contributed by atoms with Gasteiger partial charge in [0.2, 0.25) is 0 Å². The molecule has 0 amide bonds. The highest BCUT2D eigenvalue weighted by Gasteiger charge is 1.82. The molecular formula is C13H18. The van der Waals surface area contributed by atoms with Gasteiger partial charge in [0.25, 0.3) is 0 Å². The molecule has 0 heteroatoms. The van der Waals surface area contributed by atoms with E-state index in [1.54, 1.807) is 0 Å². The van der Waals surface area contributed by atoms with Crippen LogP contribution in [-0.2, 0) is 0 Å². The molecule has 0 unspecified atom stereocenters. The number of rotatable bonds is 1. The van der Waals surface area contributed by atoms with E-state index in [1.807, 2.05) is 31.2 Å². The zero-order valence-electron chi connectivity index (χ0n) is 8.80.